The van der Waals surface area contributed by atoms with Gasteiger partial charge in [-0.15, -0.1) is 0 Å². The third-order valence-electron chi connectivity index (χ3n) is 3.84. The van der Waals surface area contributed by atoms with Crippen LogP contribution in [-0.2, 0) is 20.0 Å². The van der Waals surface area contributed by atoms with Gasteiger partial charge < -0.3 is 9.67 Å². The van der Waals surface area contributed by atoms with Crippen molar-refractivity contribution < 1.29 is 5.11 Å². The van der Waals surface area contributed by atoms with Crippen LogP contribution in [0.1, 0.15) is 24.2 Å². The predicted molar refractivity (Wildman–Crippen MR) is 60.9 cm³/mol. The molecule has 16 heavy (non-hydrogen) atoms. The van der Waals surface area contributed by atoms with Gasteiger partial charge in [0.1, 0.15) is 0 Å². The van der Waals surface area contributed by atoms with E-state index in [9.17, 15) is 5.11 Å². The van der Waals surface area contributed by atoms with Gasteiger partial charge in [0.15, 0.2) is 0 Å². The first-order chi connectivity index (χ1) is 7.78. The second kappa shape index (κ2) is 3.86. The molecular formula is C12H19N3O. The molecule has 0 aromatic carbocycles. The van der Waals surface area contributed by atoms with Crippen molar-refractivity contribution in [2.75, 3.05) is 13.2 Å². The van der Waals surface area contributed by atoms with E-state index in [1.165, 1.54) is 24.2 Å². The summed E-state index contributed by atoms with van der Waals surface area (Å²) in [6.45, 7) is 2.32. The fourth-order valence-corrected chi connectivity index (χ4v) is 2.60. The van der Waals surface area contributed by atoms with E-state index in [1.807, 2.05) is 13.4 Å². The van der Waals surface area contributed by atoms with Crippen LogP contribution in [0, 0.1) is 5.92 Å². The highest BCUT2D eigenvalue weighted by Crippen LogP contribution is 2.32. The zero-order valence-corrected chi connectivity index (χ0v) is 9.76. The van der Waals surface area contributed by atoms with Crippen molar-refractivity contribution in [3.63, 3.8) is 0 Å². The number of hydrogen-bond donors (Lipinski definition) is 1. The lowest BCUT2D eigenvalue weighted by Crippen LogP contribution is -2.44. The summed E-state index contributed by atoms with van der Waals surface area (Å²) < 4.78 is 2.09. The van der Waals surface area contributed by atoms with Gasteiger partial charge in [-0.1, -0.05) is 0 Å². The second-order valence-corrected chi connectivity index (χ2v) is 5.16. The van der Waals surface area contributed by atoms with Gasteiger partial charge in [0.05, 0.1) is 18.6 Å². The minimum absolute atomic E-state index is 0.261. The van der Waals surface area contributed by atoms with Crippen LogP contribution < -0.4 is 0 Å². The third-order valence-corrected chi connectivity index (χ3v) is 3.84. The quantitative estimate of drug-likeness (QED) is 0.810. The van der Waals surface area contributed by atoms with E-state index in [1.54, 1.807) is 0 Å². The van der Waals surface area contributed by atoms with Gasteiger partial charge in [0.2, 0.25) is 0 Å². The maximum absolute atomic E-state index is 9.48. The fourth-order valence-electron chi connectivity index (χ4n) is 2.60. The monoisotopic (exact) mass is 221 g/mol. The number of aryl methyl sites for hydroxylation is 1. The average Bonchev–Trinajstić information content (AvgIpc) is 3.03. The van der Waals surface area contributed by atoms with Crippen LogP contribution in [-0.4, -0.2) is 38.8 Å². The third kappa shape index (κ3) is 1.76. The van der Waals surface area contributed by atoms with E-state index in [4.69, 9.17) is 0 Å². The summed E-state index contributed by atoms with van der Waals surface area (Å²) >= 11 is 0. The highest BCUT2D eigenvalue weighted by atomic mass is 16.3. The van der Waals surface area contributed by atoms with Crippen molar-refractivity contribution in [1.82, 2.24) is 14.5 Å². The number of aliphatic hydroxyl groups excluding tert-OH is 1. The Morgan fingerprint density at radius 1 is 1.50 bits per heavy atom. The summed E-state index contributed by atoms with van der Waals surface area (Å²) in [4.78, 5) is 6.85. The number of fused-ring (bicyclic) bond motifs is 1. The van der Waals surface area contributed by atoms with Crippen LogP contribution in [0.25, 0.3) is 0 Å². The average molecular weight is 221 g/mol. The molecule has 1 saturated carbocycles. The molecule has 1 aliphatic carbocycles. The lowest BCUT2D eigenvalue weighted by molar-refractivity contribution is 0.0988. The lowest BCUT2D eigenvalue weighted by Gasteiger charge is -2.34. The molecule has 88 valence electrons. The standard InChI is InChI=1S/C12H19N3O/c1-14-8-13-11-6-15(5-9-2-3-9)10(7-16)4-12(11)14/h8-10,16H,2-7H2,1H3/t10-/m1/s1. The molecule has 1 atom stereocenters. The minimum atomic E-state index is 0.261. The molecule has 1 aromatic rings. The smallest absolute Gasteiger partial charge is 0.0949 e. The van der Waals surface area contributed by atoms with Gasteiger partial charge in [-0.2, -0.15) is 0 Å². The normalized spacial score (nSPS) is 25.8. The van der Waals surface area contributed by atoms with Gasteiger partial charge in [-0.25, -0.2) is 4.98 Å². The molecule has 0 spiro atoms. The Hall–Kier alpha value is -0.870. The molecule has 4 nitrogen and oxygen atoms in total. The fraction of sp³-hybridized carbons (Fsp3) is 0.750. The number of aliphatic hydroxyl groups is 1. The number of imidazole rings is 1. The Morgan fingerprint density at radius 2 is 2.31 bits per heavy atom. The largest absolute Gasteiger partial charge is 0.395 e. The van der Waals surface area contributed by atoms with Gasteiger partial charge >= 0.3 is 0 Å². The molecule has 1 fully saturated rings. The van der Waals surface area contributed by atoms with Gasteiger partial charge in [0, 0.05) is 38.3 Å². The highest BCUT2D eigenvalue weighted by Gasteiger charge is 2.32. The molecule has 1 aromatic heterocycles. The molecule has 0 bridgehead atoms. The summed E-state index contributed by atoms with van der Waals surface area (Å²) in [5.74, 6) is 0.874. The number of nitrogens with zero attached hydrogens (tertiary/aromatic N) is 3. The number of rotatable bonds is 3. The van der Waals surface area contributed by atoms with Crippen molar-refractivity contribution in [2.45, 2.75) is 31.8 Å². The summed E-state index contributed by atoms with van der Waals surface area (Å²) in [5.41, 5.74) is 2.50. The predicted octanol–water partition coefficient (Wildman–Crippen LogP) is 0.549. The van der Waals surface area contributed by atoms with Gasteiger partial charge in [-0.05, 0) is 18.8 Å². The zero-order valence-electron chi connectivity index (χ0n) is 9.76. The molecule has 2 heterocycles. The molecule has 0 unspecified atom stereocenters. The first kappa shape index (κ1) is 10.3. The van der Waals surface area contributed by atoms with Crippen LogP contribution in [0.4, 0.5) is 0 Å². The number of hydrogen-bond acceptors (Lipinski definition) is 3. The summed E-state index contributed by atoms with van der Waals surface area (Å²) in [6.07, 6.45) is 5.56. The van der Waals surface area contributed by atoms with E-state index < -0.39 is 0 Å². The van der Waals surface area contributed by atoms with Gasteiger partial charge in [-0.3, -0.25) is 4.90 Å². The van der Waals surface area contributed by atoms with Crippen molar-refractivity contribution >= 4 is 0 Å². The maximum atomic E-state index is 9.48. The van der Waals surface area contributed by atoms with Crippen molar-refractivity contribution in [1.29, 1.82) is 0 Å². The number of aromatic nitrogens is 2. The SMILES string of the molecule is Cn1cnc2c1C[C@H](CO)N(CC1CC1)C2. The van der Waals surface area contributed by atoms with Crippen LogP contribution in [0.3, 0.4) is 0 Å². The molecule has 1 N–H and O–H groups in total. The molecule has 3 rings (SSSR count). The molecule has 0 radical (unpaired) electrons. The highest BCUT2D eigenvalue weighted by molar-refractivity contribution is 5.18. The molecular weight excluding hydrogens is 202 g/mol. The first-order valence-corrected chi connectivity index (χ1v) is 6.12. The molecule has 0 amide bonds. The minimum Gasteiger partial charge on any atom is -0.395 e. The van der Waals surface area contributed by atoms with Crippen molar-refractivity contribution in [3.8, 4) is 0 Å². The van der Waals surface area contributed by atoms with E-state index in [2.05, 4.69) is 14.5 Å². The summed E-state index contributed by atoms with van der Waals surface area (Å²) in [7, 11) is 2.04. The summed E-state index contributed by atoms with van der Waals surface area (Å²) in [5, 5.41) is 9.48. The van der Waals surface area contributed by atoms with Crippen LogP contribution in [0.2, 0.25) is 0 Å². The van der Waals surface area contributed by atoms with Crippen molar-refractivity contribution in [2.24, 2.45) is 13.0 Å². The summed E-state index contributed by atoms with van der Waals surface area (Å²) in [6, 6.07) is 0.295. The topological polar surface area (TPSA) is 41.3 Å². The van der Waals surface area contributed by atoms with E-state index in [-0.39, 0.29) is 6.61 Å². The van der Waals surface area contributed by atoms with Crippen LogP contribution >= 0.6 is 0 Å². The molecule has 1 aliphatic heterocycles. The molecule has 2 aliphatic rings. The second-order valence-electron chi connectivity index (χ2n) is 5.16. The van der Waals surface area contributed by atoms with Crippen LogP contribution in [0.5, 0.6) is 0 Å². The molecule has 0 saturated heterocycles. The zero-order chi connectivity index (χ0) is 11.1. The molecule has 4 heteroatoms. The van der Waals surface area contributed by atoms with E-state index in [0.717, 1.165) is 25.4 Å². The van der Waals surface area contributed by atoms with Crippen molar-refractivity contribution in [3.05, 3.63) is 17.7 Å². The lowest BCUT2D eigenvalue weighted by atomic mass is 10.0. The first-order valence-electron chi connectivity index (χ1n) is 6.12. The van der Waals surface area contributed by atoms with Gasteiger partial charge in [0.25, 0.3) is 0 Å². The van der Waals surface area contributed by atoms with Crippen LogP contribution in [0.15, 0.2) is 6.33 Å². The Labute approximate surface area is 95.9 Å². The Morgan fingerprint density at radius 3 is 3.00 bits per heavy atom. The maximum Gasteiger partial charge on any atom is 0.0949 e. The Bertz CT molecular complexity index is 384. The Kier molecular flexibility index (Phi) is 2.48. The Balaban J connectivity index is 1.80. The van der Waals surface area contributed by atoms with E-state index >= 15 is 0 Å². The van der Waals surface area contributed by atoms with E-state index in [0.29, 0.717) is 6.04 Å².